The van der Waals surface area contributed by atoms with Crippen molar-refractivity contribution in [2.45, 2.75) is 52.4 Å². The minimum atomic E-state index is -0.232. The van der Waals surface area contributed by atoms with Crippen LogP contribution in [-0.4, -0.2) is 29.8 Å². The number of carbonyl (C=O) groups excluding carboxylic acids is 2. The van der Waals surface area contributed by atoms with E-state index in [1.54, 1.807) is 0 Å². The number of anilines is 1. The van der Waals surface area contributed by atoms with Crippen LogP contribution in [0, 0.1) is 5.92 Å². The third-order valence-corrected chi connectivity index (χ3v) is 4.73. The normalized spacial score (nSPS) is 19.0. The predicted octanol–water partition coefficient (Wildman–Crippen LogP) is 3.79. The van der Waals surface area contributed by atoms with Crippen molar-refractivity contribution in [2.75, 3.05) is 18.4 Å². The second kappa shape index (κ2) is 8.14. The highest BCUT2D eigenvalue weighted by Crippen LogP contribution is 2.28. The number of hydrogen-bond acceptors (Lipinski definition) is 2. The number of hydrogen-bond donors (Lipinski definition) is 1. The maximum Gasteiger partial charge on any atom is 0.229 e. The zero-order valence-electron chi connectivity index (χ0n) is 14.5. The molecule has 1 N–H and O–H groups in total. The maximum atomic E-state index is 12.6. The summed E-state index contributed by atoms with van der Waals surface area (Å²) in [5.41, 5.74) is 2.04. The smallest absolute Gasteiger partial charge is 0.229 e. The first kappa shape index (κ1) is 17.5. The van der Waals surface area contributed by atoms with Crippen LogP contribution in [0.25, 0.3) is 0 Å². The van der Waals surface area contributed by atoms with Gasteiger partial charge in [0, 0.05) is 25.2 Å². The fourth-order valence-electron chi connectivity index (χ4n) is 3.01. The van der Waals surface area contributed by atoms with Crippen molar-refractivity contribution in [3.8, 4) is 0 Å². The topological polar surface area (TPSA) is 49.4 Å². The SMILES string of the molecule is CCCCN1C[C@@H](C(=O)Nc2ccccc2[C@@H](C)CC)CC1=O. The number of likely N-dealkylation sites (tertiary alicyclic amines) is 1. The van der Waals surface area contributed by atoms with Crippen LogP contribution < -0.4 is 5.32 Å². The van der Waals surface area contributed by atoms with E-state index in [0.717, 1.165) is 37.1 Å². The Morgan fingerprint density at radius 1 is 1.35 bits per heavy atom. The van der Waals surface area contributed by atoms with Crippen LogP contribution in [-0.2, 0) is 9.59 Å². The van der Waals surface area contributed by atoms with Crippen LogP contribution in [0.5, 0.6) is 0 Å². The molecule has 0 radical (unpaired) electrons. The van der Waals surface area contributed by atoms with Crippen molar-refractivity contribution in [3.05, 3.63) is 29.8 Å². The number of para-hydroxylation sites is 1. The summed E-state index contributed by atoms with van der Waals surface area (Å²) in [6, 6.07) is 7.96. The molecule has 0 aromatic heterocycles. The van der Waals surface area contributed by atoms with Crippen LogP contribution >= 0.6 is 0 Å². The largest absolute Gasteiger partial charge is 0.342 e. The fourth-order valence-corrected chi connectivity index (χ4v) is 3.01. The summed E-state index contributed by atoms with van der Waals surface area (Å²) in [5.74, 6) is 0.240. The molecule has 0 saturated carbocycles. The summed E-state index contributed by atoms with van der Waals surface area (Å²) in [4.78, 5) is 26.4. The lowest BCUT2D eigenvalue weighted by Gasteiger charge is -2.18. The molecule has 4 nitrogen and oxygen atoms in total. The van der Waals surface area contributed by atoms with Gasteiger partial charge in [-0.25, -0.2) is 0 Å². The van der Waals surface area contributed by atoms with Crippen molar-refractivity contribution in [1.29, 1.82) is 0 Å². The van der Waals surface area contributed by atoms with Crippen molar-refractivity contribution in [1.82, 2.24) is 4.90 Å². The van der Waals surface area contributed by atoms with Gasteiger partial charge < -0.3 is 10.2 Å². The van der Waals surface area contributed by atoms with Crippen molar-refractivity contribution >= 4 is 17.5 Å². The van der Waals surface area contributed by atoms with Crippen LogP contribution in [0.1, 0.15) is 57.9 Å². The third-order valence-electron chi connectivity index (χ3n) is 4.73. The van der Waals surface area contributed by atoms with Gasteiger partial charge in [0.25, 0.3) is 0 Å². The highest BCUT2D eigenvalue weighted by Gasteiger charge is 2.34. The predicted molar refractivity (Wildman–Crippen MR) is 93.4 cm³/mol. The number of benzene rings is 1. The van der Waals surface area contributed by atoms with Crippen molar-refractivity contribution < 1.29 is 9.59 Å². The Hall–Kier alpha value is -1.84. The molecule has 0 aliphatic carbocycles. The van der Waals surface area contributed by atoms with Crippen LogP contribution in [0.15, 0.2) is 24.3 Å². The number of carbonyl (C=O) groups is 2. The Bertz CT molecular complexity index is 556. The third kappa shape index (κ3) is 4.34. The quantitative estimate of drug-likeness (QED) is 0.832. The number of rotatable bonds is 7. The van der Waals surface area contributed by atoms with E-state index in [9.17, 15) is 9.59 Å². The minimum Gasteiger partial charge on any atom is -0.342 e. The molecular weight excluding hydrogens is 288 g/mol. The molecule has 23 heavy (non-hydrogen) atoms. The number of unbranched alkanes of at least 4 members (excludes halogenated alkanes) is 1. The molecule has 1 heterocycles. The van der Waals surface area contributed by atoms with E-state index >= 15 is 0 Å². The maximum absolute atomic E-state index is 12.6. The lowest BCUT2D eigenvalue weighted by atomic mass is 9.96. The number of amides is 2. The van der Waals surface area contributed by atoms with Gasteiger partial charge in [0.1, 0.15) is 0 Å². The average Bonchev–Trinajstić information content (AvgIpc) is 2.93. The van der Waals surface area contributed by atoms with Crippen molar-refractivity contribution in [2.24, 2.45) is 5.92 Å². The molecule has 4 heteroatoms. The van der Waals surface area contributed by atoms with E-state index in [1.165, 1.54) is 0 Å². The lowest BCUT2D eigenvalue weighted by molar-refractivity contribution is -0.128. The molecule has 2 amide bonds. The Morgan fingerprint density at radius 2 is 2.09 bits per heavy atom. The molecule has 2 rings (SSSR count). The standard InChI is InChI=1S/C19H28N2O2/c1-4-6-11-21-13-15(12-18(21)22)19(23)20-17-10-8-7-9-16(17)14(3)5-2/h7-10,14-15H,4-6,11-13H2,1-3H3,(H,20,23)/t14-,15-/m0/s1. The van der Waals surface area contributed by atoms with Crippen LogP contribution in [0.4, 0.5) is 5.69 Å². The van der Waals surface area contributed by atoms with E-state index < -0.39 is 0 Å². The van der Waals surface area contributed by atoms with Gasteiger partial charge in [-0.2, -0.15) is 0 Å². The van der Waals surface area contributed by atoms with E-state index in [0.29, 0.717) is 18.9 Å². The lowest BCUT2D eigenvalue weighted by Crippen LogP contribution is -2.29. The zero-order chi connectivity index (χ0) is 16.8. The second-order valence-corrected chi connectivity index (χ2v) is 6.48. The summed E-state index contributed by atoms with van der Waals surface area (Å²) < 4.78 is 0. The van der Waals surface area contributed by atoms with Gasteiger partial charge in [-0.15, -0.1) is 0 Å². The minimum absolute atomic E-state index is 0.0342. The molecule has 126 valence electrons. The van der Waals surface area contributed by atoms with E-state index in [4.69, 9.17) is 0 Å². The summed E-state index contributed by atoms with van der Waals surface area (Å²) >= 11 is 0. The molecule has 0 spiro atoms. The Kier molecular flexibility index (Phi) is 6.20. The molecule has 0 bridgehead atoms. The first-order chi connectivity index (χ1) is 11.1. The number of nitrogens with one attached hydrogen (secondary N) is 1. The summed E-state index contributed by atoms with van der Waals surface area (Å²) in [7, 11) is 0. The molecule has 1 fully saturated rings. The van der Waals surface area contributed by atoms with Crippen LogP contribution in [0.3, 0.4) is 0 Å². The van der Waals surface area contributed by atoms with Gasteiger partial charge in [-0.05, 0) is 30.4 Å². The van der Waals surface area contributed by atoms with Gasteiger partial charge in [0.05, 0.1) is 5.92 Å². The Morgan fingerprint density at radius 3 is 2.78 bits per heavy atom. The van der Waals surface area contributed by atoms with E-state index in [2.05, 4.69) is 32.2 Å². The molecule has 1 aromatic rings. The van der Waals surface area contributed by atoms with Crippen molar-refractivity contribution in [3.63, 3.8) is 0 Å². The molecule has 1 aliphatic rings. The fraction of sp³-hybridized carbons (Fsp3) is 0.579. The first-order valence-electron chi connectivity index (χ1n) is 8.74. The molecule has 0 unspecified atom stereocenters. The van der Waals surface area contributed by atoms with E-state index in [1.807, 2.05) is 23.1 Å². The summed E-state index contributed by atoms with van der Waals surface area (Å²) in [6.07, 6.45) is 3.42. The van der Waals surface area contributed by atoms with Crippen LogP contribution in [0.2, 0.25) is 0 Å². The molecule has 1 saturated heterocycles. The van der Waals surface area contributed by atoms with Gasteiger partial charge in [0.2, 0.25) is 11.8 Å². The molecule has 1 aliphatic heterocycles. The van der Waals surface area contributed by atoms with E-state index in [-0.39, 0.29) is 17.7 Å². The first-order valence-corrected chi connectivity index (χ1v) is 8.74. The summed E-state index contributed by atoms with van der Waals surface area (Å²) in [6.45, 7) is 7.73. The van der Waals surface area contributed by atoms with Gasteiger partial charge in [0.15, 0.2) is 0 Å². The highest BCUT2D eigenvalue weighted by atomic mass is 16.2. The second-order valence-electron chi connectivity index (χ2n) is 6.48. The van der Waals surface area contributed by atoms with Gasteiger partial charge >= 0.3 is 0 Å². The molecule has 2 atom stereocenters. The Labute approximate surface area is 139 Å². The monoisotopic (exact) mass is 316 g/mol. The Balaban J connectivity index is 2.02. The van der Waals surface area contributed by atoms with Gasteiger partial charge in [-0.1, -0.05) is 45.4 Å². The zero-order valence-corrected chi connectivity index (χ0v) is 14.5. The molecule has 1 aromatic carbocycles. The van der Waals surface area contributed by atoms with Gasteiger partial charge in [-0.3, -0.25) is 9.59 Å². The molecular formula is C19H28N2O2. The number of nitrogens with zero attached hydrogens (tertiary/aromatic N) is 1. The average molecular weight is 316 g/mol. The summed E-state index contributed by atoms with van der Waals surface area (Å²) in [5, 5.41) is 3.05. The highest BCUT2D eigenvalue weighted by molar-refractivity contribution is 5.97.